The highest BCUT2D eigenvalue weighted by atomic mass is 79.9. The van der Waals surface area contributed by atoms with E-state index >= 15 is 0 Å². The monoisotopic (exact) mass is 544 g/mol. The van der Waals surface area contributed by atoms with Gasteiger partial charge in [0.1, 0.15) is 13.2 Å². The average Bonchev–Trinajstić information content (AvgIpc) is 3.44. The summed E-state index contributed by atoms with van der Waals surface area (Å²) >= 11 is 4.36. The Morgan fingerprint density at radius 1 is 1.15 bits per heavy atom. The largest absolute Gasteiger partial charge is 0.493 e. The van der Waals surface area contributed by atoms with Crippen molar-refractivity contribution in [1.82, 2.24) is 9.80 Å². The van der Waals surface area contributed by atoms with Gasteiger partial charge in [-0.15, -0.1) is 0 Å². The Balaban J connectivity index is 1.49. The van der Waals surface area contributed by atoms with Gasteiger partial charge in [-0.2, -0.15) is 0 Å². The van der Waals surface area contributed by atoms with Gasteiger partial charge in [-0.1, -0.05) is 29.8 Å². The summed E-state index contributed by atoms with van der Waals surface area (Å²) in [4.78, 5) is 40.7. The third kappa shape index (κ3) is 5.47. The van der Waals surface area contributed by atoms with Gasteiger partial charge in [0.2, 0.25) is 5.91 Å². The zero-order chi connectivity index (χ0) is 24.2. The number of likely N-dealkylation sites (tertiary alicyclic amines) is 1. The lowest BCUT2D eigenvalue weighted by Crippen LogP contribution is -2.40. The molecule has 0 atom stereocenters. The van der Waals surface area contributed by atoms with Crippen molar-refractivity contribution in [1.29, 1.82) is 0 Å². The molecule has 7 nitrogen and oxygen atoms in total. The molecule has 4 rings (SSSR count). The molecule has 34 heavy (non-hydrogen) atoms. The first kappa shape index (κ1) is 24.3. The minimum absolute atomic E-state index is 0.194. The standard InChI is InChI=1S/C25H25BrN2O5S/c1-16-5-7-17(8-6-16)15-33-23-19(26)11-18(12-20(23)32-2)13-21-24(30)28(25(31)34-21)14-22(29)27-9-3-4-10-27/h5-8,11-13H,3-4,9-10,14-15H2,1-2H3/b21-13-. The topological polar surface area (TPSA) is 76.2 Å². The second-order valence-corrected chi connectivity index (χ2v) is 10.0. The molecule has 0 spiro atoms. The number of aryl methyl sites for hydroxylation is 1. The molecule has 178 valence electrons. The summed E-state index contributed by atoms with van der Waals surface area (Å²) in [5.74, 6) is 0.388. The van der Waals surface area contributed by atoms with Crippen LogP contribution >= 0.6 is 27.7 Å². The molecule has 0 unspecified atom stereocenters. The smallest absolute Gasteiger partial charge is 0.294 e. The number of rotatable bonds is 7. The fourth-order valence-corrected chi connectivity index (χ4v) is 5.20. The Morgan fingerprint density at radius 3 is 2.53 bits per heavy atom. The second-order valence-electron chi connectivity index (χ2n) is 8.16. The number of imide groups is 1. The summed E-state index contributed by atoms with van der Waals surface area (Å²) < 4.78 is 12.2. The van der Waals surface area contributed by atoms with Crippen molar-refractivity contribution >= 4 is 50.8 Å². The molecule has 0 saturated carbocycles. The predicted octanol–water partition coefficient (Wildman–Crippen LogP) is 5.00. The van der Waals surface area contributed by atoms with Crippen LogP contribution in [0.4, 0.5) is 4.79 Å². The number of carbonyl (C=O) groups is 3. The molecule has 0 radical (unpaired) electrons. The highest BCUT2D eigenvalue weighted by Gasteiger charge is 2.37. The van der Waals surface area contributed by atoms with Crippen LogP contribution in [0.3, 0.4) is 0 Å². The Bertz CT molecular complexity index is 1140. The van der Waals surface area contributed by atoms with Gasteiger partial charge in [-0.05, 0) is 76.8 Å². The van der Waals surface area contributed by atoms with Crippen LogP contribution in [-0.4, -0.2) is 53.6 Å². The molecule has 2 saturated heterocycles. The number of thioether (sulfide) groups is 1. The van der Waals surface area contributed by atoms with Crippen LogP contribution in [-0.2, 0) is 16.2 Å². The van der Waals surface area contributed by atoms with Crippen LogP contribution in [0, 0.1) is 6.92 Å². The number of carbonyl (C=O) groups excluding carboxylic acids is 3. The number of benzene rings is 2. The normalized spacial score (nSPS) is 17.1. The van der Waals surface area contributed by atoms with E-state index in [9.17, 15) is 14.4 Å². The third-order valence-corrected chi connectivity index (χ3v) is 7.18. The van der Waals surface area contributed by atoms with E-state index < -0.39 is 11.1 Å². The van der Waals surface area contributed by atoms with Crippen molar-refractivity contribution in [3.63, 3.8) is 0 Å². The Morgan fingerprint density at radius 2 is 1.85 bits per heavy atom. The van der Waals surface area contributed by atoms with Gasteiger partial charge < -0.3 is 14.4 Å². The lowest BCUT2D eigenvalue weighted by Gasteiger charge is -2.18. The number of methoxy groups -OCH3 is 1. The molecule has 2 heterocycles. The van der Waals surface area contributed by atoms with E-state index in [-0.39, 0.29) is 17.4 Å². The predicted molar refractivity (Wildman–Crippen MR) is 135 cm³/mol. The number of hydrogen-bond acceptors (Lipinski definition) is 6. The molecular formula is C25H25BrN2O5S. The molecule has 9 heteroatoms. The van der Waals surface area contributed by atoms with Gasteiger partial charge in [0, 0.05) is 13.1 Å². The molecule has 0 N–H and O–H groups in total. The van der Waals surface area contributed by atoms with E-state index in [1.165, 1.54) is 5.56 Å². The van der Waals surface area contributed by atoms with Crippen molar-refractivity contribution < 1.29 is 23.9 Å². The van der Waals surface area contributed by atoms with Crippen molar-refractivity contribution in [2.45, 2.75) is 26.4 Å². The van der Waals surface area contributed by atoms with Crippen molar-refractivity contribution in [2.24, 2.45) is 0 Å². The van der Waals surface area contributed by atoms with Crippen LogP contribution in [0.25, 0.3) is 6.08 Å². The number of halogens is 1. The van der Waals surface area contributed by atoms with E-state index in [2.05, 4.69) is 15.9 Å². The molecular weight excluding hydrogens is 520 g/mol. The lowest BCUT2D eigenvalue weighted by molar-refractivity contribution is -0.135. The summed E-state index contributed by atoms with van der Waals surface area (Å²) in [7, 11) is 1.54. The van der Waals surface area contributed by atoms with Gasteiger partial charge >= 0.3 is 0 Å². The van der Waals surface area contributed by atoms with Gasteiger partial charge in [-0.25, -0.2) is 0 Å². The SMILES string of the molecule is COc1cc(/C=C2\SC(=O)N(CC(=O)N3CCCC3)C2=O)cc(Br)c1OCc1ccc(C)cc1. The summed E-state index contributed by atoms with van der Waals surface area (Å²) in [6, 6.07) is 11.6. The van der Waals surface area contributed by atoms with Crippen LogP contribution in [0.1, 0.15) is 29.5 Å². The van der Waals surface area contributed by atoms with E-state index in [4.69, 9.17) is 9.47 Å². The Kier molecular flexibility index (Phi) is 7.63. The Labute approximate surface area is 211 Å². The first-order valence-corrected chi connectivity index (χ1v) is 12.6. The zero-order valence-corrected chi connectivity index (χ0v) is 21.4. The van der Waals surface area contributed by atoms with Crippen LogP contribution in [0.15, 0.2) is 45.8 Å². The first-order chi connectivity index (χ1) is 16.4. The zero-order valence-electron chi connectivity index (χ0n) is 19.0. The van der Waals surface area contributed by atoms with Gasteiger partial charge in [0.15, 0.2) is 11.5 Å². The van der Waals surface area contributed by atoms with Crippen LogP contribution in [0.5, 0.6) is 11.5 Å². The molecule has 0 bridgehead atoms. The highest BCUT2D eigenvalue weighted by molar-refractivity contribution is 9.10. The second kappa shape index (κ2) is 10.7. The third-order valence-electron chi connectivity index (χ3n) is 5.68. The van der Waals surface area contributed by atoms with Gasteiger partial charge in [0.25, 0.3) is 11.1 Å². The molecule has 0 aromatic heterocycles. The molecule has 2 fully saturated rings. The molecule has 3 amide bonds. The van der Waals surface area contributed by atoms with E-state index in [0.717, 1.165) is 35.1 Å². The van der Waals surface area contributed by atoms with Crippen molar-refractivity contribution in [3.8, 4) is 11.5 Å². The van der Waals surface area contributed by atoms with Crippen molar-refractivity contribution in [2.75, 3.05) is 26.7 Å². The van der Waals surface area contributed by atoms with Crippen molar-refractivity contribution in [3.05, 3.63) is 62.5 Å². The van der Waals surface area contributed by atoms with E-state index in [1.54, 1.807) is 30.2 Å². The first-order valence-electron chi connectivity index (χ1n) is 10.9. The number of amides is 3. The summed E-state index contributed by atoms with van der Waals surface area (Å²) in [5, 5.41) is -0.437. The summed E-state index contributed by atoms with van der Waals surface area (Å²) in [5.41, 5.74) is 2.88. The number of hydrogen-bond donors (Lipinski definition) is 0. The number of nitrogens with zero attached hydrogens (tertiary/aromatic N) is 2. The fraction of sp³-hybridized carbons (Fsp3) is 0.320. The minimum atomic E-state index is -0.461. The number of ether oxygens (including phenoxy) is 2. The minimum Gasteiger partial charge on any atom is -0.493 e. The fourth-order valence-electron chi connectivity index (χ4n) is 3.79. The quantitative estimate of drug-likeness (QED) is 0.456. The van der Waals surface area contributed by atoms with E-state index in [1.807, 2.05) is 31.2 Å². The maximum absolute atomic E-state index is 12.8. The maximum Gasteiger partial charge on any atom is 0.294 e. The van der Waals surface area contributed by atoms with Crippen LogP contribution in [0.2, 0.25) is 0 Å². The highest BCUT2D eigenvalue weighted by Crippen LogP contribution is 2.39. The van der Waals surface area contributed by atoms with E-state index in [0.29, 0.717) is 41.2 Å². The van der Waals surface area contributed by atoms with Crippen LogP contribution < -0.4 is 9.47 Å². The van der Waals surface area contributed by atoms with Gasteiger partial charge in [0.05, 0.1) is 16.5 Å². The van der Waals surface area contributed by atoms with Gasteiger partial charge in [-0.3, -0.25) is 19.3 Å². The molecule has 2 aromatic carbocycles. The molecule has 2 aliphatic heterocycles. The molecule has 2 aliphatic rings. The summed E-state index contributed by atoms with van der Waals surface area (Å²) in [6.45, 7) is 3.54. The lowest BCUT2D eigenvalue weighted by atomic mass is 10.1. The summed E-state index contributed by atoms with van der Waals surface area (Å²) in [6.07, 6.45) is 3.53. The maximum atomic E-state index is 12.8. The average molecular weight is 545 g/mol. The molecule has 0 aliphatic carbocycles. The Hall–Kier alpha value is -2.78. The molecule has 2 aromatic rings.